The molecule has 0 spiro atoms. The summed E-state index contributed by atoms with van der Waals surface area (Å²) in [5.74, 6) is 0. The average molecular weight is 436 g/mol. The van der Waals surface area contributed by atoms with Gasteiger partial charge in [0, 0.05) is 21.8 Å². The highest BCUT2D eigenvalue weighted by atomic mass is 35.5. The van der Waals surface area contributed by atoms with Crippen LogP contribution in [0.5, 0.6) is 0 Å². The van der Waals surface area contributed by atoms with Crippen molar-refractivity contribution in [2.24, 2.45) is 4.99 Å². The van der Waals surface area contributed by atoms with Gasteiger partial charge in [0.25, 0.3) is 0 Å². The summed E-state index contributed by atoms with van der Waals surface area (Å²) in [6.07, 6.45) is 0. The minimum absolute atomic E-state index is 0.359. The van der Waals surface area contributed by atoms with E-state index >= 15 is 0 Å². The zero-order valence-electron chi connectivity index (χ0n) is 17.4. The molecule has 1 N–H and O–H groups in total. The standard InChI is InChI=1S/C28H22ClN3/c29-24-18-16-23(17-19-24)28(31-25-14-8-3-9-15-25)26(20-30)32-27(21-10-4-1-5-11-21)22-12-6-2-7-13-22/h1-19,26,28,31H/t26-,28-/m1/s1. The Morgan fingerprint density at radius 2 is 1.22 bits per heavy atom. The molecule has 3 nitrogen and oxygen atoms in total. The molecule has 0 heterocycles. The molecule has 0 saturated carbocycles. The van der Waals surface area contributed by atoms with Crippen LogP contribution in [0.3, 0.4) is 0 Å². The molecule has 0 aliphatic rings. The minimum atomic E-state index is -0.674. The topological polar surface area (TPSA) is 48.2 Å². The van der Waals surface area contributed by atoms with E-state index in [-0.39, 0.29) is 6.04 Å². The van der Waals surface area contributed by atoms with E-state index in [1.54, 1.807) is 0 Å². The summed E-state index contributed by atoms with van der Waals surface area (Å²) in [5.41, 5.74) is 4.58. The molecule has 0 aliphatic heterocycles. The molecule has 0 radical (unpaired) electrons. The van der Waals surface area contributed by atoms with E-state index in [4.69, 9.17) is 16.6 Å². The molecule has 156 valence electrons. The van der Waals surface area contributed by atoms with Gasteiger partial charge >= 0.3 is 0 Å². The molecule has 0 fully saturated rings. The molecule has 0 amide bonds. The third-order valence-electron chi connectivity index (χ3n) is 5.14. The maximum Gasteiger partial charge on any atom is 0.161 e. The van der Waals surface area contributed by atoms with Crippen LogP contribution in [0.2, 0.25) is 5.02 Å². The maximum atomic E-state index is 10.2. The van der Waals surface area contributed by atoms with Crippen molar-refractivity contribution in [1.82, 2.24) is 0 Å². The van der Waals surface area contributed by atoms with E-state index < -0.39 is 6.04 Å². The number of anilines is 1. The predicted molar refractivity (Wildman–Crippen MR) is 132 cm³/mol. The number of nitrogens with one attached hydrogen (secondary N) is 1. The van der Waals surface area contributed by atoms with Crippen LogP contribution in [0.4, 0.5) is 5.69 Å². The van der Waals surface area contributed by atoms with Crippen molar-refractivity contribution in [1.29, 1.82) is 5.26 Å². The fourth-order valence-electron chi connectivity index (χ4n) is 3.55. The van der Waals surface area contributed by atoms with Crippen molar-refractivity contribution in [3.8, 4) is 6.07 Å². The second kappa shape index (κ2) is 10.4. The summed E-state index contributed by atoms with van der Waals surface area (Å²) in [5, 5.41) is 14.4. The van der Waals surface area contributed by atoms with Crippen LogP contribution in [0.25, 0.3) is 0 Å². The Bertz CT molecular complexity index is 1160. The van der Waals surface area contributed by atoms with Gasteiger partial charge in [-0.2, -0.15) is 5.26 Å². The first-order valence-electron chi connectivity index (χ1n) is 10.4. The highest BCUT2D eigenvalue weighted by Gasteiger charge is 2.24. The first-order chi connectivity index (χ1) is 15.7. The molecule has 2 atom stereocenters. The van der Waals surface area contributed by atoms with E-state index in [1.165, 1.54) is 0 Å². The van der Waals surface area contributed by atoms with Gasteiger partial charge in [-0.3, -0.25) is 4.99 Å². The highest BCUT2D eigenvalue weighted by Crippen LogP contribution is 2.27. The molecule has 0 aliphatic carbocycles. The number of halogens is 1. The second-order valence-corrected chi connectivity index (χ2v) is 7.76. The van der Waals surface area contributed by atoms with Crippen molar-refractivity contribution in [2.45, 2.75) is 12.1 Å². The van der Waals surface area contributed by atoms with Gasteiger partial charge in [-0.05, 0) is 29.8 Å². The molecule has 0 aromatic heterocycles. The van der Waals surface area contributed by atoms with E-state index in [1.807, 2.05) is 115 Å². The normalized spacial score (nSPS) is 12.2. The van der Waals surface area contributed by atoms with Crippen LogP contribution in [-0.4, -0.2) is 11.8 Å². The number of aliphatic imine (C=N–C) groups is 1. The monoisotopic (exact) mass is 435 g/mol. The number of nitrogens with zero attached hydrogens (tertiary/aromatic N) is 2. The van der Waals surface area contributed by atoms with Crippen molar-refractivity contribution in [3.63, 3.8) is 0 Å². The van der Waals surface area contributed by atoms with E-state index in [0.29, 0.717) is 5.02 Å². The van der Waals surface area contributed by atoms with Crippen LogP contribution in [0.15, 0.2) is 120 Å². The lowest BCUT2D eigenvalue weighted by molar-refractivity contribution is 0.690. The lowest BCUT2D eigenvalue weighted by atomic mass is 9.97. The molecule has 4 aromatic rings. The molecular weight excluding hydrogens is 414 g/mol. The average Bonchev–Trinajstić information content (AvgIpc) is 2.86. The minimum Gasteiger partial charge on any atom is -0.375 e. The first kappa shape index (κ1) is 21.4. The van der Waals surface area contributed by atoms with Crippen molar-refractivity contribution < 1.29 is 0 Å². The maximum absolute atomic E-state index is 10.2. The van der Waals surface area contributed by atoms with E-state index in [9.17, 15) is 5.26 Å². The number of nitriles is 1. The molecule has 4 rings (SSSR count). The van der Waals surface area contributed by atoms with Gasteiger partial charge in [0.05, 0.1) is 17.8 Å². The van der Waals surface area contributed by atoms with Crippen LogP contribution >= 0.6 is 11.6 Å². The van der Waals surface area contributed by atoms with Gasteiger partial charge in [0.1, 0.15) is 0 Å². The number of rotatable bonds is 7. The van der Waals surface area contributed by atoms with Gasteiger partial charge < -0.3 is 5.32 Å². The molecule has 0 bridgehead atoms. The zero-order valence-corrected chi connectivity index (χ0v) is 18.2. The van der Waals surface area contributed by atoms with Gasteiger partial charge in [-0.1, -0.05) is 103 Å². The van der Waals surface area contributed by atoms with Crippen molar-refractivity contribution in [2.75, 3.05) is 5.32 Å². The lowest BCUT2D eigenvalue weighted by Gasteiger charge is -2.24. The molecule has 0 unspecified atom stereocenters. The van der Waals surface area contributed by atoms with E-state index in [0.717, 1.165) is 28.1 Å². The summed E-state index contributed by atoms with van der Waals surface area (Å²) in [6, 6.07) is 38.7. The third-order valence-corrected chi connectivity index (χ3v) is 5.39. The molecule has 32 heavy (non-hydrogen) atoms. The van der Waals surface area contributed by atoms with Crippen LogP contribution < -0.4 is 5.32 Å². The van der Waals surface area contributed by atoms with E-state index in [2.05, 4.69) is 11.4 Å². The quantitative estimate of drug-likeness (QED) is 0.320. The van der Waals surface area contributed by atoms with Crippen molar-refractivity contribution >= 4 is 23.0 Å². The molecule has 0 saturated heterocycles. The summed E-state index contributed by atoms with van der Waals surface area (Å²) in [7, 11) is 0. The highest BCUT2D eigenvalue weighted by molar-refractivity contribution is 6.30. The Morgan fingerprint density at radius 1 is 0.719 bits per heavy atom. The Labute approximate surface area is 193 Å². The number of para-hydroxylation sites is 1. The SMILES string of the molecule is N#C[C@@H](N=C(c1ccccc1)c1ccccc1)[C@H](Nc1ccccc1)c1ccc(Cl)cc1. The van der Waals surface area contributed by atoms with Gasteiger partial charge in [-0.15, -0.1) is 0 Å². The fourth-order valence-corrected chi connectivity index (χ4v) is 3.68. The smallest absolute Gasteiger partial charge is 0.161 e. The summed E-state index contributed by atoms with van der Waals surface area (Å²) < 4.78 is 0. The first-order valence-corrected chi connectivity index (χ1v) is 10.8. The summed E-state index contributed by atoms with van der Waals surface area (Å²) in [6.45, 7) is 0. The molecular formula is C28H22ClN3. The fraction of sp³-hybridized carbons (Fsp3) is 0.0714. The van der Waals surface area contributed by atoms with Crippen molar-refractivity contribution in [3.05, 3.63) is 137 Å². The van der Waals surface area contributed by atoms with Crippen LogP contribution in [-0.2, 0) is 0 Å². The third kappa shape index (κ3) is 5.24. The van der Waals surface area contributed by atoms with Gasteiger partial charge in [0.15, 0.2) is 6.04 Å². The van der Waals surface area contributed by atoms with Gasteiger partial charge in [-0.25, -0.2) is 0 Å². The summed E-state index contributed by atoms with van der Waals surface area (Å²) >= 11 is 6.12. The van der Waals surface area contributed by atoms with Crippen LogP contribution in [0.1, 0.15) is 22.7 Å². The van der Waals surface area contributed by atoms with Gasteiger partial charge in [0.2, 0.25) is 0 Å². The molecule has 4 aromatic carbocycles. The Hall–Kier alpha value is -3.87. The Balaban J connectivity index is 1.80. The second-order valence-electron chi connectivity index (χ2n) is 7.32. The summed E-state index contributed by atoms with van der Waals surface area (Å²) in [4.78, 5) is 4.99. The largest absolute Gasteiger partial charge is 0.375 e. The number of benzene rings is 4. The Morgan fingerprint density at radius 3 is 1.72 bits per heavy atom. The predicted octanol–water partition coefficient (Wildman–Crippen LogP) is 6.92. The zero-order chi connectivity index (χ0) is 22.2. The number of hydrogen-bond acceptors (Lipinski definition) is 3. The van der Waals surface area contributed by atoms with Crippen LogP contribution in [0, 0.1) is 11.3 Å². The lowest BCUT2D eigenvalue weighted by Crippen LogP contribution is -2.25. The molecule has 4 heteroatoms. The Kier molecular flexibility index (Phi) is 6.97. The number of hydrogen-bond donors (Lipinski definition) is 1.